The van der Waals surface area contributed by atoms with E-state index in [4.69, 9.17) is 14.2 Å². The normalized spacial score (nSPS) is 10.8. The summed E-state index contributed by atoms with van der Waals surface area (Å²) in [5.41, 5.74) is 5.78. The molecule has 3 rings (SSSR count). The van der Waals surface area contributed by atoms with E-state index in [1.165, 1.54) is 7.11 Å². The number of carbonyl (C=O) groups excluding carboxylic acids is 1. The molecule has 166 valence electrons. The van der Waals surface area contributed by atoms with E-state index in [1.54, 1.807) is 18.3 Å². The molecule has 0 aliphatic carbocycles. The van der Waals surface area contributed by atoms with Crippen LogP contribution in [-0.4, -0.2) is 25.8 Å². The van der Waals surface area contributed by atoms with E-state index in [-0.39, 0.29) is 5.91 Å². The first-order valence-corrected chi connectivity index (χ1v) is 10.9. The van der Waals surface area contributed by atoms with Gasteiger partial charge in [0.25, 0.3) is 5.91 Å². The van der Waals surface area contributed by atoms with Gasteiger partial charge in [0.15, 0.2) is 11.5 Å². The van der Waals surface area contributed by atoms with Gasteiger partial charge in [0.2, 0.25) is 0 Å². The lowest BCUT2D eigenvalue weighted by Gasteiger charge is -2.13. The molecule has 0 atom stereocenters. The standard InChI is InChI=1S/C25H25BrN2O4/c1-4-31-24-14-19(8-12-22(24)32-16-18-6-9-20(26)10-7-18)15-27-28-25(29)21-11-5-17(2)13-23(21)30-3/h5-15H,4,16H2,1-3H3,(H,28,29)/b27-15-. The molecule has 3 aromatic carbocycles. The number of hydrazone groups is 1. The van der Waals surface area contributed by atoms with Crippen LogP contribution in [-0.2, 0) is 6.61 Å². The van der Waals surface area contributed by atoms with E-state index in [0.717, 1.165) is 21.2 Å². The molecule has 0 saturated heterocycles. The van der Waals surface area contributed by atoms with Crippen molar-refractivity contribution < 1.29 is 19.0 Å². The Morgan fingerprint density at radius 3 is 2.50 bits per heavy atom. The smallest absolute Gasteiger partial charge is 0.275 e. The molecule has 0 saturated carbocycles. The number of benzene rings is 3. The Labute approximate surface area is 196 Å². The van der Waals surface area contributed by atoms with Crippen LogP contribution in [0.3, 0.4) is 0 Å². The van der Waals surface area contributed by atoms with Crippen molar-refractivity contribution >= 4 is 28.1 Å². The monoisotopic (exact) mass is 496 g/mol. The quantitative estimate of drug-likeness (QED) is 0.313. The summed E-state index contributed by atoms with van der Waals surface area (Å²) >= 11 is 3.43. The minimum Gasteiger partial charge on any atom is -0.496 e. The van der Waals surface area contributed by atoms with Crippen molar-refractivity contribution in [3.05, 3.63) is 87.4 Å². The second-order valence-corrected chi connectivity index (χ2v) is 7.87. The van der Waals surface area contributed by atoms with Crippen LogP contribution in [0.2, 0.25) is 0 Å². The van der Waals surface area contributed by atoms with Crippen LogP contribution in [0.15, 0.2) is 70.2 Å². The van der Waals surface area contributed by atoms with Gasteiger partial charge in [-0.15, -0.1) is 0 Å². The van der Waals surface area contributed by atoms with E-state index in [0.29, 0.717) is 36.0 Å². The molecule has 32 heavy (non-hydrogen) atoms. The van der Waals surface area contributed by atoms with Crippen molar-refractivity contribution in [1.82, 2.24) is 5.43 Å². The van der Waals surface area contributed by atoms with Gasteiger partial charge in [-0.25, -0.2) is 5.43 Å². The first kappa shape index (κ1) is 23.3. The Kier molecular flexibility index (Phi) is 8.27. The molecule has 0 radical (unpaired) electrons. The zero-order valence-corrected chi connectivity index (χ0v) is 19.8. The zero-order chi connectivity index (χ0) is 22.9. The molecule has 0 fully saturated rings. The molecule has 0 bridgehead atoms. The second kappa shape index (κ2) is 11.3. The highest BCUT2D eigenvalue weighted by atomic mass is 79.9. The third kappa shape index (κ3) is 6.34. The number of halogens is 1. The average Bonchev–Trinajstić information content (AvgIpc) is 2.79. The maximum absolute atomic E-state index is 12.4. The van der Waals surface area contributed by atoms with Crippen molar-refractivity contribution in [2.24, 2.45) is 5.10 Å². The third-order valence-corrected chi connectivity index (χ3v) is 5.09. The molecule has 0 spiro atoms. The summed E-state index contributed by atoms with van der Waals surface area (Å²) in [5.74, 6) is 1.40. The molecule has 3 aromatic rings. The number of amides is 1. The molecule has 0 aromatic heterocycles. The van der Waals surface area contributed by atoms with E-state index in [1.807, 2.05) is 62.4 Å². The highest BCUT2D eigenvalue weighted by Crippen LogP contribution is 2.29. The molecule has 0 aliphatic heterocycles. The topological polar surface area (TPSA) is 69.2 Å². The molecule has 0 unspecified atom stereocenters. The lowest BCUT2D eigenvalue weighted by molar-refractivity contribution is 0.0952. The van der Waals surface area contributed by atoms with Crippen molar-refractivity contribution in [3.8, 4) is 17.2 Å². The maximum atomic E-state index is 12.4. The van der Waals surface area contributed by atoms with Crippen LogP contribution in [0.4, 0.5) is 0 Å². The third-order valence-electron chi connectivity index (χ3n) is 4.56. The number of aryl methyl sites for hydroxylation is 1. The molecule has 0 heterocycles. The van der Waals surface area contributed by atoms with Crippen molar-refractivity contribution in [3.63, 3.8) is 0 Å². The summed E-state index contributed by atoms with van der Waals surface area (Å²) in [6.07, 6.45) is 1.56. The second-order valence-electron chi connectivity index (χ2n) is 6.96. The van der Waals surface area contributed by atoms with E-state index in [2.05, 4.69) is 26.5 Å². The Morgan fingerprint density at radius 1 is 1.00 bits per heavy atom. The Balaban J connectivity index is 1.67. The van der Waals surface area contributed by atoms with Gasteiger partial charge in [-0.05, 0) is 73.0 Å². The first-order valence-electron chi connectivity index (χ1n) is 10.1. The summed E-state index contributed by atoms with van der Waals surface area (Å²) in [5, 5.41) is 4.07. The lowest BCUT2D eigenvalue weighted by atomic mass is 10.1. The fourth-order valence-corrected chi connectivity index (χ4v) is 3.21. The minimum absolute atomic E-state index is 0.349. The largest absolute Gasteiger partial charge is 0.496 e. The highest BCUT2D eigenvalue weighted by Gasteiger charge is 2.11. The predicted molar refractivity (Wildman–Crippen MR) is 129 cm³/mol. The fourth-order valence-electron chi connectivity index (χ4n) is 2.95. The van der Waals surface area contributed by atoms with Gasteiger partial charge in [-0.2, -0.15) is 5.10 Å². The number of ether oxygens (including phenoxy) is 3. The molecular weight excluding hydrogens is 472 g/mol. The predicted octanol–water partition coefficient (Wildman–Crippen LogP) is 5.51. The van der Waals surface area contributed by atoms with Crippen molar-refractivity contribution in [2.75, 3.05) is 13.7 Å². The van der Waals surface area contributed by atoms with Gasteiger partial charge in [-0.3, -0.25) is 4.79 Å². The summed E-state index contributed by atoms with van der Waals surface area (Å²) < 4.78 is 18.0. The van der Waals surface area contributed by atoms with Gasteiger partial charge >= 0.3 is 0 Å². The molecule has 1 amide bonds. The van der Waals surface area contributed by atoms with Crippen LogP contribution in [0, 0.1) is 6.92 Å². The lowest BCUT2D eigenvalue weighted by Crippen LogP contribution is -2.18. The number of carbonyl (C=O) groups is 1. The fraction of sp³-hybridized carbons (Fsp3) is 0.200. The maximum Gasteiger partial charge on any atom is 0.275 e. The van der Waals surface area contributed by atoms with E-state index < -0.39 is 0 Å². The first-order chi connectivity index (χ1) is 15.5. The number of hydrogen-bond donors (Lipinski definition) is 1. The minimum atomic E-state index is -0.349. The highest BCUT2D eigenvalue weighted by molar-refractivity contribution is 9.10. The van der Waals surface area contributed by atoms with Crippen LogP contribution >= 0.6 is 15.9 Å². The Hall–Kier alpha value is -3.32. The average molecular weight is 497 g/mol. The van der Waals surface area contributed by atoms with Gasteiger partial charge in [0.1, 0.15) is 12.4 Å². The Bertz CT molecular complexity index is 1100. The summed E-state index contributed by atoms with van der Waals surface area (Å²) in [6.45, 7) is 4.77. The number of nitrogens with zero attached hydrogens (tertiary/aromatic N) is 1. The van der Waals surface area contributed by atoms with Gasteiger partial charge in [-0.1, -0.05) is 34.1 Å². The zero-order valence-electron chi connectivity index (χ0n) is 18.2. The van der Waals surface area contributed by atoms with Crippen LogP contribution in [0.5, 0.6) is 17.2 Å². The van der Waals surface area contributed by atoms with E-state index >= 15 is 0 Å². The number of nitrogens with one attached hydrogen (secondary N) is 1. The van der Waals surface area contributed by atoms with Crippen molar-refractivity contribution in [2.45, 2.75) is 20.5 Å². The summed E-state index contributed by atoms with van der Waals surface area (Å²) in [4.78, 5) is 12.4. The van der Waals surface area contributed by atoms with Gasteiger partial charge < -0.3 is 14.2 Å². The number of rotatable bonds is 9. The van der Waals surface area contributed by atoms with Gasteiger partial charge in [0.05, 0.1) is 25.5 Å². The summed E-state index contributed by atoms with van der Waals surface area (Å²) in [7, 11) is 1.53. The van der Waals surface area contributed by atoms with Gasteiger partial charge in [0, 0.05) is 4.47 Å². The molecule has 7 heteroatoms. The molecular formula is C25H25BrN2O4. The number of hydrogen-bond acceptors (Lipinski definition) is 5. The van der Waals surface area contributed by atoms with Crippen LogP contribution in [0.25, 0.3) is 0 Å². The van der Waals surface area contributed by atoms with Crippen LogP contribution in [0.1, 0.15) is 34.0 Å². The SMILES string of the molecule is CCOc1cc(/C=N\NC(=O)c2ccc(C)cc2OC)ccc1OCc1ccc(Br)cc1. The van der Waals surface area contributed by atoms with Crippen molar-refractivity contribution in [1.29, 1.82) is 0 Å². The molecule has 0 aliphatic rings. The molecule has 1 N–H and O–H groups in total. The van der Waals surface area contributed by atoms with Crippen LogP contribution < -0.4 is 19.6 Å². The molecule has 6 nitrogen and oxygen atoms in total. The number of methoxy groups -OCH3 is 1. The Morgan fingerprint density at radius 2 is 1.78 bits per heavy atom. The van der Waals surface area contributed by atoms with E-state index in [9.17, 15) is 4.79 Å². The summed E-state index contributed by atoms with van der Waals surface area (Å²) in [6, 6.07) is 18.8.